The van der Waals surface area contributed by atoms with Crippen molar-refractivity contribution in [3.05, 3.63) is 47.5 Å². The number of Topliss-reactive ketones (excluding diaryl/α,β-unsaturated/α-hetero) is 1. The van der Waals surface area contributed by atoms with E-state index in [1.54, 1.807) is 4.90 Å². The van der Waals surface area contributed by atoms with Crippen molar-refractivity contribution in [2.24, 2.45) is 11.8 Å². The summed E-state index contributed by atoms with van der Waals surface area (Å²) in [6, 6.07) is -0.784. The summed E-state index contributed by atoms with van der Waals surface area (Å²) >= 11 is 0. The first kappa shape index (κ1) is 45.5. The number of fused-ring (bicyclic) bond motifs is 3. The Bertz CT molecular complexity index is 1650. The van der Waals surface area contributed by atoms with E-state index in [4.69, 9.17) is 18.6 Å². The van der Waals surface area contributed by atoms with E-state index >= 15 is 0 Å². The number of allylic oxidation sites excluding steroid dienone is 2. The molecular weight excluding hydrogens is 743 g/mol. The molecule has 2 bridgehead atoms. The number of likely N-dealkylation sites (N-methyl/N-ethyl adjacent to an activating group) is 1. The highest BCUT2D eigenvalue weighted by Crippen LogP contribution is 2.38. The van der Waals surface area contributed by atoms with E-state index in [1.807, 2.05) is 38.2 Å². The van der Waals surface area contributed by atoms with Crippen molar-refractivity contribution in [1.29, 1.82) is 0 Å². The van der Waals surface area contributed by atoms with Gasteiger partial charge in [-0.1, -0.05) is 84.1 Å². The van der Waals surface area contributed by atoms with Crippen LogP contribution >= 0.6 is 0 Å². The number of aromatic nitrogens is 1. The van der Waals surface area contributed by atoms with E-state index in [9.17, 15) is 19.2 Å². The number of cyclic esters (lactones) is 1. The molecule has 1 unspecified atom stereocenters. The summed E-state index contributed by atoms with van der Waals surface area (Å²) < 4.78 is 19.4. The topological polar surface area (TPSA) is 135 Å². The second-order valence-corrected chi connectivity index (χ2v) is 28.5. The smallest absolute Gasteiger partial charge is 0.329 e. The molecule has 12 nitrogen and oxygen atoms in total. The standard InChI is InChI=1S/C42H69N5O7Si2/c1-29-15-13-19-43-35(49)18-17-30(2)38(31(3)28-46-23-21-45(7)22-24-46)53-40(51)34-16-14-20-47(34)39(50)37-41(55(8,9)10)52-36(44-37)27-32(48)26-33(25-29)54-56(11,12)42(4,5)6/h13,15,17-18,25,30-31,33-34,38H,14,16,19-24,26-28H2,1-12H3,(H,43,49)/b15-13?,18-17+,29-25?/t30-,31+,33?,34-,38+/m1/s1. The number of carbonyl (C=O) groups excluding carboxylic acids is 4. The SMILES string of the molecule is CC1=CC(O[Si](C)(C)C(C)(C)C)CC(=O)Cc2nc(c([Si](C)(C)C)o2)C(=O)N2CCC[C@@H]2C(=O)O[C@H]([C@@H](C)CN2CCN(C)CC2)[C@H](C)/C=C/C(=O)NCC=C1. The Morgan fingerprint density at radius 2 is 1.70 bits per heavy atom. The maximum absolute atomic E-state index is 14.4. The molecule has 3 aliphatic rings. The van der Waals surface area contributed by atoms with Crippen LogP contribution in [0.2, 0.25) is 37.8 Å². The van der Waals surface area contributed by atoms with Gasteiger partial charge in [0.15, 0.2) is 14.0 Å². The van der Waals surface area contributed by atoms with Crippen molar-refractivity contribution < 1.29 is 32.8 Å². The van der Waals surface area contributed by atoms with Crippen LogP contribution in [0.4, 0.5) is 0 Å². The molecule has 0 radical (unpaired) electrons. The van der Waals surface area contributed by atoms with Crippen LogP contribution in [0.15, 0.2) is 40.4 Å². The van der Waals surface area contributed by atoms with Crippen LogP contribution in [0.3, 0.4) is 0 Å². The lowest BCUT2D eigenvalue weighted by Gasteiger charge is -2.38. The predicted octanol–water partition coefficient (Wildman–Crippen LogP) is 5.34. The van der Waals surface area contributed by atoms with Gasteiger partial charge < -0.3 is 33.6 Å². The zero-order chi connectivity index (χ0) is 41.6. The highest BCUT2D eigenvalue weighted by atomic mass is 28.4. The van der Waals surface area contributed by atoms with Crippen molar-refractivity contribution in [2.75, 3.05) is 52.9 Å². The van der Waals surface area contributed by atoms with Gasteiger partial charge in [0.05, 0.1) is 12.5 Å². The number of oxazole rings is 1. The van der Waals surface area contributed by atoms with Crippen LogP contribution in [0.5, 0.6) is 0 Å². The lowest BCUT2D eigenvalue weighted by atomic mass is 9.91. The zero-order valence-corrected chi connectivity index (χ0v) is 38.2. The Labute approximate surface area is 337 Å². The van der Waals surface area contributed by atoms with Crippen LogP contribution in [0.25, 0.3) is 0 Å². The number of rotatable bonds is 6. The van der Waals surface area contributed by atoms with Crippen LogP contribution in [-0.4, -0.2) is 131 Å². The number of hydrogen-bond acceptors (Lipinski definition) is 10. The summed E-state index contributed by atoms with van der Waals surface area (Å²) in [7, 11) is -2.42. The molecule has 2 amide bonds. The second kappa shape index (κ2) is 19.1. The van der Waals surface area contributed by atoms with E-state index < -0.39 is 40.6 Å². The van der Waals surface area contributed by atoms with Gasteiger partial charge in [0.25, 0.3) is 5.91 Å². The Morgan fingerprint density at radius 1 is 1.02 bits per heavy atom. The lowest BCUT2D eigenvalue weighted by Crippen LogP contribution is -2.49. The van der Waals surface area contributed by atoms with Gasteiger partial charge in [0, 0.05) is 64.1 Å². The molecule has 56 heavy (non-hydrogen) atoms. The Balaban J connectivity index is 1.71. The van der Waals surface area contributed by atoms with Gasteiger partial charge in [-0.2, -0.15) is 0 Å². The fraction of sp³-hybridized carbons (Fsp3) is 0.690. The van der Waals surface area contributed by atoms with E-state index in [0.717, 1.165) is 38.3 Å². The third-order valence-corrected chi connectivity index (χ3v) is 17.8. The molecule has 1 aromatic heterocycles. The molecule has 3 aliphatic heterocycles. The number of nitrogens with one attached hydrogen (secondary N) is 1. The van der Waals surface area contributed by atoms with E-state index in [-0.39, 0.29) is 58.9 Å². The summed E-state index contributed by atoms with van der Waals surface area (Å²) in [5, 5.41) is 3.36. The molecule has 4 rings (SSSR count). The molecule has 0 aromatic carbocycles. The number of piperazine rings is 1. The number of ether oxygens (including phenoxy) is 1. The van der Waals surface area contributed by atoms with Crippen molar-refractivity contribution >= 4 is 45.3 Å². The largest absolute Gasteiger partial charge is 0.460 e. The van der Waals surface area contributed by atoms with Crippen LogP contribution in [0.1, 0.15) is 77.2 Å². The summed E-state index contributed by atoms with van der Waals surface area (Å²) in [4.78, 5) is 66.3. The first-order valence-corrected chi connectivity index (χ1v) is 26.9. The molecule has 0 spiro atoms. The zero-order valence-electron chi connectivity index (χ0n) is 36.2. The highest BCUT2D eigenvalue weighted by Gasteiger charge is 2.43. The normalized spacial score (nSPS) is 26.4. The minimum Gasteiger partial charge on any atom is -0.460 e. The predicted molar refractivity (Wildman–Crippen MR) is 226 cm³/mol. The average Bonchev–Trinajstić information content (AvgIpc) is 3.76. The number of amides is 2. The van der Waals surface area contributed by atoms with Gasteiger partial charge in [-0.3, -0.25) is 14.4 Å². The van der Waals surface area contributed by atoms with Crippen molar-refractivity contribution in [3.63, 3.8) is 0 Å². The number of ketones is 1. The van der Waals surface area contributed by atoms with Crippen molar-refractivity contribution in [2.45, 2.75) is 123 Å². The fourth-order valence-electron chi connectivity index (χ4n) is 7.30. The Morgan fingerprint density at radius 3 is 2.34 bits per heavy atom. The Hall–Kier alpha value is -3.18. The molecule has 1 aromatic rings. The maximum atomic E-state index is 14.4. The third kappa shape index (κ3) is 12.4. The minimum atomic E-state index is -2.27. The minimum absolute atomic E-state index is 0.0404. The van der Waals surface area contributed by atoms with E-state index in [0.29, 0.717) is 31.3 Å². The van der Waals surface area contributed by atoms with E-state index in [1.165, 1.54) is 6.08 Å². The maximum Gasteiger partial charge on any atom is 0.329 e. The number of carbonyl (C=O) groups is 4. The van der Waals surface area contributed by atoms with Crippen LogP contribution in [-0.2, 0) is 30.0 Å². The summed E-state index contributed by atoms with van der Waals surface area (Å²) in [6.45, 7) is 28.3. The fourth-order valence-corrected chi connectivity index (χ4v) is 9.85. The summed E-state index contributed by atoms with van der Waals surface area (Å²) in [5.74, 6) is -1.31. The molecule has 0 aliphatic carbocycles. The van der Waals surface area contributed by atoms with Gasteiger partial charge in [-0.05, 0) is 51.0 Å². The average molecular weight is 812 g/mol. The summed E-state index contributed by atoms with van der Waals surface area (Å²) in [6.07, 6.45) is 9.23. The van der Waals surface area contributed by atoms with E-state index in [2.05, 4.69) is 82.6 Å². The number of nitrogens with zero attached hydrogens (tertiary/aromatic N) is 4. The molecule has 312 valence electrons. The van der Waals surface area contributed by atoms with Crippen LogP contribution < -0.4 is 10.7 Å². The molecule has 0 saturated carbocycles. The number of esters is 1. The van der Waals surface area contributed by atoms with Gasteiger partial charge in [0.2, 0.25) is 11.8 Å². The first-order valence-electron chi connectivity index (χ1n) is 20.5. The second-order valence-electron chi connectivity index (χ2n) is 18.8. The Kier molecular flexibility index (Phi) is 15.5. The van der Waals surface area contributed by atoms with Crippen molar-refractivity contribution in [1.82, 2.24) is 25.0 Å². The van der Waals surface area contributed by atoms with Crippen molar-refractivity contribution in [3.8, 4) is 0 Å². The molecule has 2 fully saturated rings. The van der Waals surface area contributed by atoms with Gasteiger partial charge in [-0.15, -0.1) is 0 Å². The molecule has 14 heteroatoms. The first-order chi connectivity index (χ1) is 26.1. The molecule has 5 atom stereocenters. The van der Waals surface area contributed by atoms with Gasteiger partial charge >= 0.3 is 5.97 Å². The molecule has 1 N–H and O–H groups in total. The molecular formula is C42H69N5O7Si2. The molecule has 2 saturated heterocycles. The monoisotopic (exact) mass is 811 g/mol. The lowest BCUT2D eigenvalue weighted by molar-refractivity contribution is -0.158. The molecule has 4 heterocycles. The highest BCUT2D eigenvalue weighted by molar-refractivity contribution is 6.88. The number of hydrogen-bond donors (Lipinski definition) is 1. The summed E-state index contributed by atoms with van der Waals surface area (Å²) in [5.41, 5.74) is 1.09. The quantitative estimate of drug-likeness (QED) is 0.297. The van der Waals surface area contributed by atoms with Gasteiger partial charge in [0.1, 0.15) is 31.4 Å². The van der Waals surface area contributed by atoms with Gasteiger partial charge in [-0.25, -0.2) is 9.78 Å². The van der Waals surface area contributed by atoms with Crippen LogP contribution in [0, 0.1) is 11.8 Å². The third-order valence-electron chi connectivity index (χ3n) is 11.6.